The summed E-state index contributed by atoms with van der Waals surface area (Å²) in [4.78, 5) is 13.0. The third-order valence-corrected chi connectivity index (χ3v) is 6.43. The van der Waals surface area contributed by atoms with Gasteiger partial charge in [0, 0.05) is 16.3 Å². The monoisotopic (exact) mass is 498 g/mol. The van der Waals surface area contributed by atoms with Gasteiger partial charge in [-0.15, -0.1) is 0 Å². The average molecular weight is 499 g/mol. The normalized spacial score (nSPS) is 15.5. The number of sulfone groups is 1. The van der Waals surface area contributed by atoms with Gasteiger partial charge in [-0.3, -0.25) is 0 Å². The van der Waals surface area contributed by atoms with Crippen LogP contribution in [0.4, 0.5) is 4.39 Å². The van der Waals surface area contributed by atoms with Crippen LogP contribution in [0, 0.1) is 5.82 Å². The highest BCUT2D eigenvalue weighted by Gasteiger charge is 2.32. The van der Waals surface area contributed by atoms with E-state index in [2.05, 4.69) is 15.9 Å². The van der Waals surface area contributed by atoms with E-state index in [1.807, 2.05) is 24.3 Å². The number of esters is 1. The van der Waals surface area contributed by atoms with E-state index in [0.29, 0.717) is 22.5 Å². The number of ether oxygens (including phenoxy) is 1. The van der Waals surface area contributed by atoms with Gasteiger partial charge in [-0.05, 0) is 59.2 Å². The van der Waals surface area contributed by atoms with Crippen LogP contribution in [0.2, 0.25) is 0 Å². The first-order chi connectivity index (χ1) is 14.7. The van der Waals surface area contributed by atoms with Crippen molar-refractivity contribution in [3.8, 4) is 0 Å². The maximum absolute atomic E-state index is 13.4. The fraction of sp³-hybridized carbons (Fsp3) is 0.0417. The Morgan fingerprint density at radius 3 is 1.97 bits per heavy atom. The third-order valence-electron chi connectivity index (χ3n) is 4.77. The largest absolute Gasteiger partial charge is 0.422 e. The molecule has 0 saturated carbocycles. The van der Waals surface area contributed by atoms with Gasteiger partial charge in [0.15, 0.2) is 9.84 Å². The molecule has 7 heteroatoms. The zero-order valence-electron chi connectivity index (χ0n) is 16.3. The predicted molar refractivity (Wildman–Crippen MR) is 121 cm³/mol. The lowest BCUT2D eigenvalue weighted by molar-refractivity contribution is -0.131. The predicted octanol–water partition coefficient (Wildman–Crippen LogP) is 5.50. The zero-order valence-corrected chi connectivity index (χ0v) is 18.7. The van der Waals surface area contributed by atoms with E-state index in [0.717, 1.165) is 16.3 Å². The van der Waals surface area contributed by atoms with Crippen molar-refractivity contribution in [3.63, 3.8) is 0 Å². The molecule has 0 atom stereocenters. The third kappa shape index (κ3) is 4.52. The Morgan fingerprint density at radius 2 is 1.39 bits per heavy atom. The van der Waals surface area contributed by atoms with Gasteiger partial charge in [-0.25, -0.2) is 17.6 Å². The number of cyclic esters (lactones) is 1. The van der Waals surface area contributed by atoms with Gasteiger partial charge in [0.25, 0.3) is 0 Å². The topological polar surface area (TPSA) is 60.4 Å². The summed E-state index contributed by atoms with van der Waals surface area (Å²) in [6.07, 6.45) is 2.87. The van der Waals surface area contributed by atoms with E-state index < -0.39 is 21.6 Å². The molecule has 4 nitrogen and oxygen atoms in total. The second kappa shape index (κ2) is 8.24. The summed E-state index contributed by atoms with van der Waals surface area (Å²) in [5.74, 6) is -0.642. The maximum Gasteiger partial charge on any atom is 0.344 e. The van der Waals surface area contributed by atoms with Crippen LogP contribution in [-0.2, 0) is 19.4 Å². The first kappa shape index (κ1) is 21.2. The molecule has 156 valence electrons. The number of hydrogen-bond acceptors (Lipinski definition) is 4. The van der Waals surface area contributed by atoms with Gasteiger partial charge < -0.3 is 4.74 Å². The van der Waals surface area contributed by atoms with Crippen LogP contribution in [0.1, 0.15) is 16.7 Å². The van der Waals surface area contributed by atoms with Crippen molar-refractivity contribution >= 4 is 49.0 Å². The average Bonchev–Trinajstić information content (AvgIpc) is 3.05. The lowest BCUT2D eigenvalue weighted by Gasteiger charge is -2.08. The van der Waals surface area contributed by atoms with Crippen LogP contribution in [0.25, 0.3) is 17.2 Å². The van der Waals surface area contributed by atoms with E-state index >= 15 is 0 Å². The van der Waals surface area contributed by atoms with Gasteiger partial charge in [-0.1, -0.05) is 52.3 Å². The van der Waals surface area contributed by atoms with Gasteiger partial charge >= 0.3 is 5.97 Å². The van der Waals surface area contributed by atoms with Crippen molar-refractivity contribution in [1.82, 2.24) is 0 Å². The summed E-state index contributed by atoms with van der Waals surface area (Å²) in [5, 5.41) is 0. The quantitative estimate of drug-likeness (QED) is 0.445. The molecule has 3 aromatic rings. The maximum atomic E-state index is 13.4. The molecule has 0 spiro atoms. The molecule has 1 aliphatic heterocycles. The van der Waals surface area contributed by atoms with E-state index in [1.165, 1.54) is 36.4 Å². The molecule has 3 aromatic carbocycles. The van der Waals surface area contributed by atoms with Gasteiger partial charge in [-0.2, -0.15) is 0 Å². The summed E-state index contributed by atoms with van der Waals surface area (Å²) in [7, 11) is -3.37. The number of hydrogen-bond donors (Lipinski definition) is 0. The minimum Gasteiger partial charge on any atom is -0.422 e. The molecule has 0 N–H and O–H groups in total. The van der Waals surface area contributed by atoms with Crippen molar-refractivity contribution in [3.05, 3.63) is 106 Å². The molecule has 1 heterocycles. The van der Waals surface area contributed by atoms with Crippen molar-refractivity contribution in [1.29, 1.82) is 0 Å². The summed E-state index contributed by atoms with van der Waals surface area (Å²) in [6, 6.07) is 19.3. The van der Waals surface area contributed by atoms with E-state index in [-0.39, 0.29) is 10.5 Å². The number of carbonyl (C=O) groups is 1. The number of allylic oxidation sites excluding steroid dienone is 1. The van der Waals surface area contributed by atoms with E-state index in [4.69, 9.17) is 4.74 Å². The van der Waals surface area contributed by atoms with Crippen LogP contribution in [-0.4, -0.2) is 20.6 Å². The Hall–Kier alpha value is -3.03. The molecule has 0 aromatic heterocycles. The van der Waals surface area contributed by atoms with Crippen molar-refractivity contribution in [2.24, 2.45) is 0 Å². The molecule has 0 fully saturated rings. The fourth-order valence-corrected chi connectivity index (χ4v) is 4.17. The van der Waals surface area contributed by atoms with Crippen molar-refractivity contribution < 1.29 is 22.3 Å². The molecular formula is C24H16BrFO4S. The molecule has 31 heavy (non-hydrogen) atoms. The molecule has 0 aliphatic carbocycles. The van der Waals surface area contributed by atoms with Gasteiger partial charge in [0.2, 0.25) is 0 Å². The summed E-state index contributed by atoms with van der Waals surface area (Å²) in [5.41, 5.74) is 2.74. The lowest BCUT2D eigenvalue weighted by atomic mass is 9.94. The van der Waals surface area contributed by atoms with E-state index in [9.17, 15) is 17.6 Å². The molecule has 0 saturated heterocycles. The van der Waals surface area contributed by atoms with Crippen LogP contribution in [0.3, 0.4) is 0 Å². The Balaban J connectivity index is 1.91. The number of benzene rings is 3. The minimum absolute atomic E-state index is 0.170. The SMILES string of the molecule is CS(=O)(=O)c1ccc(C2=C(c3ccc(F)cc3)C(=O)O/C2=C\c2ccc(Br)cc2)cc1. The van der Waals surface area contributed by atoms with Crippen LogP contribution in [0.15, 0.2) is 87.9 Å². The van der Waals surface area contributed by atoms with Crippen LogP contribution in [0.5, 0.6) is 0 Å². The standard InChI is InChI=1S/C24H16BrFO4S/c1-31(28,29)20-12-6-16(7-13-20)22-21(14-15-2-8-18(25)9-3-15)30-24(27)23(22)17-4-10-19(26)11-5-17/h2-14H,1H3/b21-14-. The molecule has 4 rings (SSSR count). The molecule has 0 amide bonds. The minimum atomic E-state index is -3.37. The smallest absolute Gasteiger partial charge is 0.344 e. The highest BCUT2D eigenvalue weighted by molar-refractivity contribution is 9.10. The molecule has 0 unspecified atom stereocenters. The zero-order chi connectivity index (χ0) is 22.2. The highest BCUT2D eigenvalue weighted by atomic mass is 79.9. The molecule has 0 bridgehead atoms. The molecule has 0 radical (unpaired) electrons. The Kier molecular flexibility index (Phi) is 5.64. The second-order valence-electron chi connectivity index (χ2n) is 7.00. The summed E-state index contributed by atoms with van der Waals surface area (Å²) in [6.45, 7) is 0. The van der Waals surface area contributed by atoms with Crippen LogP contribution >= 0.6 is 15.9 Å². The summed E-state index contributed by atoms with van der Waals surface area (Å²) < 4.78 is 43.6. The first-order valence-corrected chi connectivity index (χ1v) is 11.9. The first-order valence-electron chi connectivity index (χ1n) is 9.23. The second-order valence-corrected chi connectivity index (χ2v) is 9.93. The fourth-order valence-electron chi connectivity index (χ4n) is 3.27. The summed E-state index contributed by atoms with van der Waals surface area (Å²) >= 11 is 3.39. The Bertz CT molecular complexity index is 1320. The van der Waals surface area contributed by atoms with Crippen molar-refractivity contribution in [2.75, 3.05) is 6.26 Å². The van der Waals surface area contributed by atoms with Gasteiger partial charge in [0.1, 0.15) is 11.6 Å². The van der Waals surface area contributed by atoms with E-state index in [1.54, 1.807) is 18.2 Å². The van der Waals surface area contributed by atoms with Crippen LogP contribution < -0.4 is 0 Å². The molecule has 1 aliphatic rings. The Labute approximate surface area is 187 Å². The number of rotatable bonds is 4. The van der Waals surface area contributed by atoms with Crippen molar-refractivity contribution in [2.45, 2.75) is 4.90 Å². The van der Waals surface area contributed by atoms with Gasteiger partial charge in [0.05, 0.1) is 10.5 Å². The lowest BCUT2D eigenvalue weighted by Crippen LogP contribution is -1.98. The molecular weight excluding hydrogens is 483 g/mol. The Morgan fingerprint density at radius 1 is 0.839 bits per heavy atom. The highest BCUT2D eigenvalue weighted by Crippen LogP contribution is 2.41. The number of carbonyl (C=O) groups excluding carboxylic acids is 1. The number of halogens is 2.